The SMILES string of the molecule is COc1cc(N2CCC(N3CCN(C)CC3)CC2)ccc1Nc1ncc(Cl)c(Nc2cccc3c2N(C(C)=O)CC3)n1. The second kappa shape index (κ2) is 12.3. The zero-order chi connectivity index (χ0) is 29.2. The van der Waals surface area contributed by atoms with E-state index in [0.717, 1.165) is 66.7 Å². The van der Waals surface area contributed by atoms with Gasteiger partial charge in [-0.1, -0.05) is 23.7 Å². The number of aromatic nitrogens is 2. The molecule has 2 N–H and O–H groups in total. The van der Waals surface area contributed by atoms with Crippen LogP contribution in [-0.2, 0) is 11.2 Å². The van der Waals surface area contributed by atoms with Gasteiger partial charge in [0, 0.05) is 70.5 Å². The number of likely N-dealkylation sites (N-methyl/N-ethyl adjacent to an activating group) is 1. The van der Waals surface area contributed by atoms with Gasteiger partial charge >= 0.3 is 0 Å². The van der Waals surface area contributed by atoms with Crippen LogP contribution in [0.3, 0.4) is 0 Å². The molecule has 1 amide bonds. The van der Waals surface area contributed by atoms with Crippen LogP contribution < -0.4 is 25.2 Å². The molecule has 2 saturated heterocycles. The third-order valence-corrected chi connectivity index (χ3v) is 8.96. The number of carbonyl (C=O) groups is 1. The van der Waals surface area contributed by atoms with Gasteiger partial charge in [0.25, 0.3) is 0 Å². The van der Waals surface area contributed by atoms with Gasteiger partial charge in [-0.25, -0.2) is 4.98 Å². The first-order valence-electron chi connectivity index (χ1n) is 14.7. The van der Waals surface area contributed by atoms with Gasteiger partial charge in [0.05, 0.1) is 30.4 Å². The maximum absolute atomic E-state index is 12.2. The van der Waals surface area contributed by atoms with E-state index in [-0.39, 0.29) is 5.91 Å². The smallest absolute Gasteiger partial charge is 0.229 e. The van der Waals surface area contributed by atoms with Gasteiger partial charge in [-0.15, -0.1) is 0 Å². The summed E-state index contributed by atoms with van der Waals surface area (Å²) in [5, 5.41) is 7.02. The number of nitrogens with one attached hydrogen (secondary N) is 2. The van der Waals surface area contributed by atoms with E-state index < -0.39 is 0 Å². The van der Waals surface area contributed by atoms with Crippen LogP contribution in [0.2, 0.25) is 5.02 Å². The highest BCUT2D eigenvalue weighted by Crippen LogP contribution is 2.38. The van der Waals surface area contributed by atoms with Crippen molar-refractivity contribution >= 4 is 52.0 Å². The van der Waals surface area contributed by atoms with Gasteiger partial charge < -0.3 is 30.1 Å². The van der Waals surface area contributed by atoms with E-state index >= 15 is 0 Å². The molecule has 0 unspecified atom stereocenters. The Labute approximate surface area is 252 Å². The molecule has 11 heteroatoms. The maximum atomic E-state index is 12.2. The fourth-order valence-corrected chi connectivity index (χ4v) is 6.43. The molecule has 0 aliphatic carbocycles. The summed E-state index contributed by atoms with van der Waals surface area (Å²) in [5.74, 6) is 1.57. The van der Waals surface area contributed by atoms with Gasteiger partial charge in [0.2, 0.25) is 11.9 Å². The molecule has 0 spiro atoms. The van der Waals surface area contributed by atoms with E-state index in [4.69, 9.17) is 16.3 Å². The Morgan fingerprint density at radius 2 is 1.79 bits per heavy atom. The molecule has 0 saturated carbocycles. The molecule has 222 valence electrons. The number of methoxy groups -OCH3 is 1. The summed E-state index contributed by atoms with van der Waals surface area (Å²) in [6, 6.07) is 12.8. The Morgan fingerprint density at radius 1 is 1.00 bits per heavy atom. The third-order valence-electron chi connectivity index (χ3n) is 8.69. The quantitative estimate of drug-likeness (QED) is 0.405. The number of rotatable bonds is 7. The summed E-state index contributed by atoms with van der Waals surface area (Å²) in [7, 11) is 3.89. The highest BCUT2D eigenvalue weighted by atomic mass is 35.5. The summed E-state index contributed by atoms with van der Waals surface area (Å²) in [6.45, 7) is 8.98. The molecular weight excluding hydrogens is 552 g/mol. The summed E-state index contributed by atoms with van der Waals surface area (Å²) in [6.07, 6.45) is 4.74. The molecule has 10 nitrogen and oxygen atoms in total. The lowest BCUT2D eigenvalue weighted by molar-refractivity contribution is -0.116. The highest BCUT2D eigenvalue weighted by molar-refractivity contribution is 6.33. The van der Waals surface area contributed by atoms with Gasteiger partial charge in [0.15, 0.2) is 5.82 Å². The Balaban J connectivity index is 1.14. The van der Waals surface area contributed by atoms with Gasteiger partial charge in [-0.2, -0.15) is 4.98 Å². The zero-order valence-corrected chi connectivity index (χ0v) is 25.3. The number of nitrogens with zero attached hydrogens (tertiary/aromatic N) is 6. The standard InChI is InChI=1S/C31H39ClN8O2/c1-21(41)40-14-9-22-5-4-6-27(29(22)40)34-30-25(32)20-33-31(36-30)35-26-8-7-24(19-28(26)42-3)38-12-10-23(11-13-38)39-17-15-37(2)16-18-39/h4-8,19-20,23H,9-18H2,1-3H3,(H2,33,34,35,36). The van der Waals surface area contributed by atoms with Crippen LogP contribution in [0.1, 0.15) is 25.3 Å². The maximum Gasteiger partial charge on any atom is 0.229 e. The Hall–Kier alpha value is -3.60. The number of hydrogen-bond acceptors (Lipinski definition) is 9. The molecule has 2 aromatic carbocycles. The van der Waals surface area contributed by atoms with Crippen molar-refractivity contribution in [1.82, 2.24) is 19.8 Å². The lowest BCUT2D eigenvalue weighted by Gasteiger charge is -2.42. The summed E-state index contributed by atoms with van der Waals surface area (Å²) >= 11 is 6.50. The van der Waals surface area contributed by atoms with Crippen LogP contribution in [0, 0.1) is 0 Å². The van der Waals surface area contributed by atoms with Gasteiger partial charge in [-0.05, 0) is 50.1 Å². The number of ether oxygens (including phenoxy) is 1. The molecule has 42 heavy (non-hydrogen) atoms. The number of fused-ring (bicyclic) bond motifs is 1. The average Bonchev–Trinajstić information content (AvgIpc) is 3.45. The zero-order valence-electron chi connectivity index (χ0n) is 24.6. The highest BCUT2D eigenvalue weighted by Gasteiger charge is 2.28. The number of para-hydroxylation sites is 1. The molecule has 4 heterocycles. The van der Waals surface area contributed by atoms with E-state index in [1.807, 2.05) is 24.3 Å². The van der Waals surface area contributed by atoms with Crippen molar-refractivity contribution in [3.8, 4) is 5.75 Å². The van der Waals surface area contributed by atoms with Crippen molar-refractivity contribution in [2.24, 2.45) is 0 Å². The van der Waals surface area contributed by atoms with Crippen LogP contribution in [0.15, 0.2) is 42.6 Å². The van der Waals surface area contributed by atoms with E-state index in [0.29, 0.717) is 29.4 Å². The fraction of sp³-hybridized carbons (Fsp3) is 0.452. The molecule has 3 aromatic rings. The topological polar surface area (TPSA) is 89.1 Å². The van der Waals surface area contributed by atoms with Crippen LogP contribution in [0.5, 0.6) is 5.75 Å². The first kappa shape index (κ1) is 28.5. The molecule has 0 bridgehead atoms. The van der Waals surface area contributed by atoms with E-state index in [1.165, 1.54) is 25.9 Å². The number of anilines is 6. The monoisotopic (exact) mass is 590 g/mol. The van der Waals surface area contributed by atoms with E-state index in [2.05, 4.69) is 54.5 Å². The van der Waals surface area contributed by atoms with E-state index in [9.17, 15) is 4.79 Å². The number of piperazine rings is 1. The number of carbonyl (C=O) groups excluding carboxylic acids is 1. The number of benzene rings is 2. The lowest BCUT2D eigenvalue weighted by Crippen LogP contribution is -2.52. The normalized spacial score (nSPS) is 18.2. The van der Waals surface area contributed by atoms with Crippen molar-refractivity contribution in [3.63, 3.8) is 0 Å². The van der Waals surface area contributed by atoms with Gasteiger partial charge in [0.1, 0.15) is 10.8 Å². The minimum atomic E-state index is 0.00841. The number of halogens is 1. The minimum absolute atomic E-state index is 0.00841. The van der Waals surface area contributed by atoms with Crippen molar-refractivity contribution < 1.29 is 9.53 Å². The predicted octanol–water partition coefficient (Wildman–Crippen LogP) is 4.75. The second-order valence-electron chi connectivity index (χ2n) is 11.3. The molecule has 2 fully saturated rings. The van der Waals surface area contributed by atoms with Crippen molar-refractivity contribution in [3.05, 3.63) is 53.2 Å². The third kappa shape index (κ3) is 5.97. The number of hydrogen-bond donors (Lipinski definition) is 2. The second-order valence-corrected chi connectivity index (χ2v) is 11.7. The number of piperidine rings is 1. The summed E-state index contributed by atoms with van der Waals surface area (Å²) in [4.78, 5) is 30.6. The Kier molecular flexibility index (Phi) is 8.37. The van der Waals surface area contributed by atoms with Crippen LogP contribution in [0.25, 0.3) is 0 Å². The molecule has 0 atom stereocenters. The van der Waals surface area contributed by atoms with E-state index in [1.54, 1.807) is 25.1 Å². The van der Waals surface area contributed by atoms with Crippen molar-refractivity contribution in [2.75, 3.05) is 80.4 Å². The summed E-state index contributed by atoms with van der Waals surface area (Å²) < 4.78 is 5.77. The molecule has 3 aliphatic rings. The first-order valence-corrected chi connectivity index (χ1v) is 15.1. The molecule has 3 aliphatic heterocycles. The first-order chi connectivity index (χ1) is 20.4. The summed E-state index contributed by atoms with van der Waals surface area (Å²) in [5.41, 5.74) is 4.70. The Bertz CT molecular complexity index is 1440. The predicted molar refractivity (Wildman–Crippen MR) is 169 cm³/mol. The average molecular weight is 591 g/mol. The molecular formula is C31H39ClN8O2. The van der Waals surface area contributed by atoms with Crippen LogP contribution in [-0.4, -0.2) is 91.7 Å². The van der Waals surface area contributed by atoms with Gasteiger partial charge in [-0.3, -0.25) is 9.69 Å². The molecule has 1 aromatic heterocycles. The largest absolute Gasteiger partial charge is 0.494 e. The van der Waals surface area contributed by atoms with Crippen molar-refractivity contribution in [1.29, 1.82) is 0 Å². The molecule has 0 radical (unpaired) electrons. The lowest BCUT2D eigenvalue weighted by atomic mass is 10.0. The van der Waals surface area contributed by atoms with Crippen molar-refractivity contribution in [2.45, 2.75) is 32.2 Å². The Morgan fingerprint density at radius 3 is 2.52 bits per heavy atom. The molecule has 6 rings (SSSR count). The number of amides is 1. The minimum Gasteiger partial charge on any atom is -0.494 e. The fourth-order valence-electron chi connectivity index (χ4n) is 6.29. The van der Waals surface area contributed by atoms with Crippen LogP contribution in [0.4, 0.5) is 34.5 Å². The van der Waals surface area contributed by atoms with Crippen LogP contribution >= 0.6 is 11.6 Å².